The minimum atomic E-state index is 0.0655. The normalized spacial score (nSPS) is 26.9. The molecule has 7 heteroatoms. The fourth-order valence-electron chi connectivity index (χ4n) is 5.27. The van der Waals surface area contributed by atoms with Gasteiger partial charge in [-0.25, -0.2) is 4.68 Å². The third kappa shape index (κ3) is 3.69. The van der Waals surface area contributed by atoms with Gasteiger partial charge in [0.25, 0.3) is 0 Å². The number of anilines is 1. The molecule has 2 saturated heterocycles. The molecule has 3 fully saturated rings. The molecule has 0 bridgehead atoms. The average Bonchev–Trinajstić information content (AvgIpc) is 3.28. The summed E-state index contributed by atoms with van der Waals surface area (Å²) in [5, 5.41) is 4.31. The lowest BCUT2D eigenvalue weighted by molar-refractivity contribution is -0.145. The Morgan fingerprint density at radius 3 is 2.74 bits per heavy atom. The number of amides is 2. The molecule has 0 aromatic carbocycles. The first kappa shape index (κ1) is 18.3. The molecule has 7 nitrogen and oxygen atoms in total. The van der Waals surface area contributed by atoms with E-state index in [1.807, 2.05) is 11.8 Å². The summed E-state index contributed by atoms with van der Waals surface area (Å²) >= 11 is 0. The van der Waals surface area contributed by atoms with Crippen molar-refractivity contribution in [2.24, 2.45) is 5.41 Å². The number of aryl methyl sites for hydroxylation is 1. The second kappa shape index (κ2) is 7.17. The monoisotopic (exact) mass is 373 g/mol. The molecule has 1 aromatic heterocycles. The average molecular weight is 374 g/mol. The molecule has 2 amide bonds. The van der Waals surface area contributed by atoms with Crippen molar-refractivity contribution in [3.8, 4) is 0 Å². The van der Waals surface area contributed by atoms with E-state index in [4.69, 9.17) is 5.73 Å². The highest BCUT2D eigenvalue weighted by atomic mass is 16.2. The largest absolute Gasteiger partial charge is 0.384 e. The van der Waals surface area contributed by atoms with E-state index in [1.165, 1.54) is 12.8 Å². The predicted octanol–water partition coefficient (Wildman–Crippen LogP) is 1.95. The van der Waals surface area contributed by atoms with Gasteiger partial charge in [0.15, 0.2) is 0 Å². The van der Waals surface area contributed by atoms with Crippen LogP contribution in [0.2, 0.25) is 0 Å². The van der Waals surface area contributed by atoms with Crippen molar-refractivity contribution in [3.05, 3.63) is 11.8 Å². The van der Waals surface area contributed by atoms with Crippen molar-refractivity contribution in [3.63, 3.8) is 0 Å². The summed E-state index contributed by atoms with van der Waals surface area (Å²) < 4.78 is 1.59. The minimum Gasteiger partial charge on any atom is -0.384 e. The number of nitrogens with zero attached hydrogens (tertiary/aromatic N) is 4. The Bertz CT molecular complexity index is 724. The van der Waals surface area contributed by atoms with Crippen LogP contribution in [0.4, 0.5) is 5.82 Å². The lowest BCUT2D eigenvalue weighted by atomic mass is 9.73. The molecule has 148 valence electrons. The Kier molecular flexibility index (Phi) is 4.86. The lowest BCUT2D eigenvalue weighted by Crippen LogP contribution is -2.57. The van der Waals surface area contributed by atoms with Crippen LogP contribution >= 0.6 is 0 Å². The Morgan fingerprint density at radius 2 is 2.04 bits per heavy atom. The SMILES string of the molecule is Cc1cc(N)n(CC(=O)N2CCC[C@@]3(CCC(=O)N(C4CCCC4)C3)C2)n1. The lowest BCUT2D eigenvalue weighted by Gasteiger charge is -2.49. The first-order chi connectivity index (χ1) is 13.0. The highest BCUT2D eigenvalue weighted by Crippen LogP contribution is 2.41. The summed E-state index contributed by atoms with van der Waals surface area (Å²) in [6.07, 6.45) is 8.40. The molecular formula is C20H31N5O2. The molecule has 3 heterocycles. The van der Waals surface area contributed by atoms with Crippen LogP contribution < -0.4 is 5.73 Å². The van der Waals surface area contributed by atoms with Gasteiger partial charge in [-0.15, -0.1) is 0 Å². The van der Waals surface area contributed by atoms with E-state index >= 15 is 0 Å². The molecule has 0 unspecified atom stereocenters. The fraction of sp³-hybridized carbons (Fsp3) is 0.750. The van der Waals surface area contributed by atoms with Crippen LogP contribution in [0, 0.1) is 12.3 Å². The van der Waals surface area contributed by atoms with E-state index in [0.29, 0.717) is 24.2 Å². The van der Waals surface area contributed by atoms with Gasteiger partial charge in [0.2, 0.25) is 11.8 Å². The molecule has 3 aliphatic rings. The maximum Gasteiger partial charge on any atom is 0.244 e. The predicted molar refractivity (Wildman–Crippen MR) is 103 cm³/mol. The summed E-state index contributed by atoms with van der Waals surface area (Å²) in [5.41, 5.74) is 6.84. The minimum absolute atomic E-state index is 0.0655. The summed E-state index contributed by atoms with van der Waals surface area (Å²) in [7, 11) is 0. The highest BCUT2D eigenvalue weighted by molar-refractivity contribution is 5.78. The molecular weight excluding hydrogens is 342 g/mol. The number of carbonyl (C=O) groups excluding carboxylic acids is 2. The number of piperidine rings is 2. The quantitative estimate of drug-likeness (QED) is 0.878. The van der Waals surface area contributed by atoms with Crippen LogP contribution in [-0.4, -0.2) is 57.1 Å². The second-order valence-electron chi connectivity index (χ2n) is 8.75. The van der Waals surface area contributed by atoms with Gasteiger partial charge in [-0.05, 0) is 39.0 Å². The van der Waals surface area contributed by atoms with Gasteiger partial charge in [0, 0.05) is 43.6 Å². The Morgan fingerprint density at radius 1 is 1.26 bits per heavy atom. The molecule has 1 atom stereocenters. The highest BCUT2D eigenvalue weighted by Gasteiger charge is 2.44. The maximum atomic E-state index is 12.9. The zero-order chi connectivity index (χ0) is 19.0. The first-order valence-electron chi connectivity index (χ1n) is 10.3. The molecule has 1 spiro atoms. The van der Waals surface area contributed by atoms with Crippen molar-refractivity contribution in [1.82, 2.24) is 19.6 Å². The standard InChI is InChI=1S/C20H31N5O2/c1-15-11-17(21)25(22-15)12-19(27)23-10-4-8-20(13-23)9-7-18(26)24(14-20)16-5-2-3-6-16/h11,16H,2-10,12-14,21H2,1H3/t20-/m1/s1. The van der Waals surface area contributed by atoms with Crippen LogP contribution in [0.3, 0.4) is 0 Å². The number of hydrogen-bond donors (Lipinski definition) is 1. The van der Waals surface area contributed by atoms with Crippen molar-refractivity contribution in [2.45, 2.75) is 70.9 Å². The topological polar surface area (TPSA) is 84.5 Å². The number of likely N-dealkylation sites (tertiary alicyclic amines) is 2. The zero-order valence-electron chi connectivity index (χ0n) is 16.3. The van der Waals surface area contributed by atoms with Crippen molar-refractivity contribution < 1.29 is 9.59 Å². The van der Waals surface area contributed by atoms with E-state index in [1.54, 1.807) is 10.7 Å². The summed E-state index contributed by atoms with van der Waals surface area (Å²) in [5.74, 6) is 0.923. The second-order valence-corrected chi connectivity index (χ2v) is 8.75. The van der Waals surface area contributed by atoms with Gasteiger partial charge < -0.3 is 15.5 Å². The zero-order valence-corrected chi connectivity index (χ0v) is 16.3. The Hall–Kier alpha value is -2.05. The fourth-order valence-corrected chi connectivity index (χ4v) is 5.27. The van der Waals surface area contributed by atoms with Gasteiger partial charge in [0.1, 0.15) is 12.4 Å². The van der Waals surface area contributed by atoms with Crippen molar-refractivity contribution in [2.75, 3.05) is 25.4 Å². The number of aromatic nitrogens is 2. The number of nitrogen functional groups attached to an aromatic ring is 1. The van der Waals surface area contributed by atoms with Gasteiger partial charge in [0.05, 0.1) is 5.69 Å². The molecule has 2 aliphatic heterocycles. The Labute approximate surface area is 160 Å². The van der Waals surface area contributed by atoms with E-state index in [9.17, 15) is 9.59 Å². The molecule has 2 N–H and O–H groups in total. The molecule has 4 rings (SSSR count). The third-order valence-electron chi connectivity index (χ3n) is 6.69. The van der Waals surface area contributed by atoms with E-state index in [-0.39, 0.29) is 17.9 Å². The van der Waals surface area contributed by atoms with Crippen LogP contribution in [0.1, 0.15) is 57.1 Å². The smallest absolute Gasteiger partial charge is 0.244 e. The van der Waals surface area contributed by atoms with Crippen LogP contribution in [0.5, 0.6) is 0 Å². The van der Waals surface area contributed by atoms with Crippen LogP contribution in [0.15, 0.2) is 6.07 Å². The first-order valence-corrected chi connectivity index (χ1v) is 10.3. The number of hydrogen-bond acceptors (Lipinski definition) is 4. The summed E-state index contributed by atoms with van der Waals surface area (Å²) in [4.78, 5) is 29.5. The van der Waals surface area contributed by atoms with Gasteiger partial charge in [-0.3, -0.25) is 9.59 Å². The maximum absolute atomic E-state index is 12.9. The van der Waals surface area contributed by atoms with Crippen molar-refractivity contribution >= 4 is 17.6 Å². The van der Waals surface area contributed by atoms with Crippen molar-refractivity contribution in [1.29, 1.82) is 0 Å². The van der Waals surface area contributed by atoms with E-state index in [2.05, 4.69) is 10.00 Å². The number of nitrogens with two attached hydrogens (primary N) is 1. The molecule has 1 aromatic rings. The molecule has 27 heavy (non-hydrogen) atoms. The van der Waals surface area contributed by atoms with E-state index in [0.717, 1.165) is 57.4 Å². The van der Waals surface area contributed by atoms with Gasteiger partial charge >= 0.3 is 0 Å². The van der Waals surface area contributed by atoms with Crippen LogP contribution in [0.25, 0.3) is 0 Å². The summed E-state index contributed by atoms with van der Waals surface area (Å²) in [6, 6.07) is 2.21. The summed E-state index contributed by atoms with van der Waals surface area (Å²) in [6.45, 7) is 4.44. The third-order valence-corrected chi connectivity index (χ3v) is 6.69. The Balaban J connectivity index is 1.44. The molecule has 0 radical (unpaired) electrons. The van der Waals surface area contributed by atoms with Gasteiger partial charge in [-0.1, -0.05) is 12.8 Å². The number of rotatable bonds is 3. The van der Waals surface area contributed by atoms with E-state index < -0.39 is 0 Å². The van der Waals surface area contributed by atoms with Gasteiger partial charge in [-0.2, -0.15) is 5.10 Å². The molecule has 1 aliphatic carbocycles. The molecule has 1 saturated carbocycles. The van der Waals surface area contributed by atoms with Crippen LogP contribution in [-0.2, 0) is 16.1 Å². The number of carbonyl (C=O) groups is 2.